The Hall–Kier alpha value is -1.36. The van der Waals surface area contributed by atoms with E-state index in [4.69, 9.17) is 0 Å². The zero-order valence-electron chi connectivity index (χ0n) is 11.7. The second-order valence-corrected chi connectivity index (χ2v) is 5.91. The summed E-state index contributed by atoms with van der Waals surface area (Å²) in [5, 5.41) is 10.2. The minimum atomic E-state index is 0.338. The molecule has 0 bridgehead atoms. The lowest BCUT2D eigenvalue weighted by Crippen LogP contribution is -2.02. The van der Waals surface area contributed by atoms with E-state index in [1.165, 1.54) is 5.56 Å². The van der Waals surface area contributed by atoms with Crippen LogP contribution in [0, 0.1) is 10.5 Å². The molecule has 0 aliphatic heterocycles. The number of aliphatic imine (C=N–C) groups is 1. The van der Waals surface area contributed by atoms with Gasteiger partial charge in [-0.15, -0.1) is 0 Å². The molecule has 0 amide bonds. The SMILES string of the molecule is CCC(=NCc1ccccc1)c1cc(C)cc(I)c1O. The van der Waals surface area contributed by atoms with Crippen LogP contribution in [0.5, 0.6) is 5.75 Å². The molecular formula is C17H18INO. The topological polar surface area (TPSA) is 32.6 Å². The fourth-order valence-electron chi connectivity index (χ4n) is 2.11. The summed E-state index contributed by atoms with van der Waals surface area (Å²) in [6.45, 7) is 4.75. The van der Waals surface area contributed by atoms with Gasteiger partial charge < -0.3 is 5.11 Å². The number of benzene rings is 2. The zero-order chi connectivity index (χ0) is 14.5. The van der Waals surface area contributed by atoms with Crippen molar-refractivity contribution in [2.45, 2.75) is 26.8 Å². The van der Waals surface area contributed by atoms with Crippen LogP contribution in [0.4, 0.5) is 0 Å². The van der Waals surface area contributed by atoms with Gasteiger partial charge in [-0.05, 0) is 59.2 Å². The van der Waals surface area contributed by atoms with Gasteiger partial charge >= 0.3 is 0 Å². The summed E-state index contributed by atoms with van der Waals surface area (Å²) in [6, 6.07) is 14.2. The highest BCUT2D eigenvalue weighted by Crippen LogP contribution is 2.27. The van der Waals surface area contributed by atoms with Crippen LogP contribution in [-0.2, 0) is 6.54 Å². The normalized spacial score (nSPS) is 11.7. The van der Waals surface area contributed by atoms with Crippen LogP contribution in [0.3, 0.4) is 0 Å². The van der Waals surface area contributed by atoms with E-state index in [1.807, 2.05) is 37.3 Å². The van der Waals surface area contributed by atoms with E-state index in [0.717, 1.165) is 26.8 Å². The van der Waals surface area contributed by atoms with Crippen molar-refractivity contribution in [2.75, 3.05) is 0 Å². The number of nitrogens with zero attached hydrogens (tertiary/aromatic N) is 1. The maximum Gasteiger partial charge on any atom is 0.137 e. The smallest absolute Gasteiger partial charge is 0.137 e. The molecule has 0 saturated heterocycles. The molecule has 0 aliphatic rings. The van der Waals surface area contributed by atoms with Crippen molar-refractivity contribution >= 4 is 28.3 Å². The van der Waals surface area contributed by atoms with E-state index < -0.39 is 0 Å². The average Bonchev–Trinajstić information content (AvgIpc) is 2.45. The third kappa shape index (κ3) is 3.60. The summed E-state index contributed by atoms with van der Waals surface area (Å²) < 4.78 is 0.874. The minimum Gasteiger partial charge on any atom is -0.506 e. The Bertz CT molecular complexity index is 620. The van der Waals surface area contributed by atoms with E-state index >= 15 is 0 Å². The molecule has 2 nitrogen and oxygen atoms in total. The van der Waals surface area contributed by atoms with Crippen molar-refractivity contribution in [1.29, 1.82) is 0 Å². The number of hydrogen-bond donors (Lipinski definition) is 1. The Morgan fingerprint density at radius 2 is 1.90 bits per heavy atom. The van der Waals surface area contributed by atoms with Gasteiger partial charge in [0.05, 0.1) is 10.1 Å². The summed E-state index contributed by atoms with van der Waals surface area (Å²) in [4.78, 5) is 4.68. The summed E-state index contributed by atoms with van der Waals surface area (Å²) >= 11 is 2.16. The van der Waals surface area contributed by atoms with Crippen molar-refractivity contribution in [2.24, 2.45) is 4.99 Å². The molecular weight excluding hydrogens is 361 g/mol. The molecule has 0 fully saturated rings. The zero-order valence-corrected chi connectivity index (χ0v) is 13.9. The van der Waals surface area contributed by atoms with Crippen molar-refractivity contribution in [3.05, 3.63) is 62.7 Å². The Labute approximate surface area is 133 Å². The highest BCUT2D eigenvalue weighted by Gasteiger charge is 2.11. The maximum atomic E-state index is 10.2. The first-order valence-corrected chi connectivity index (χ1v) is 7.76. The lowest BCUT2D eigenvalue weighted by molar-refractivity contribution is 0.470. The van der Waals surface area contributed by atoms with Crippen LogP contribution in [0.2, 0.25) is 0 Å². The third-order valence-electron chi connectivity index (χ3n) is 3.15. The van der Waals surface area contributed by atoms with Crippen molar-refractivity contribution < 1.29 is 5.11 Å². The highest BCUT2D eigenvalue weighted by molar-refractivity contribution is 14.1. The van der Waals surface area contributed by atoms with Crippen molar-refractivity contribution in [3.63, 3.8) is 0 Å². The van der Waals surface area contributed by atoms with Crippen LogP contribution in [0.1, 0.15) is 30.0 Å². The van der Waals surface area contributed by atoms with Crippen LogP contribution in [0.25, 0.3) is 0 Å². The van der Waals surface area contributed by atoms with E-state index in [0.29, 0.717) is 12.3 Å². The Morgan fingerprint density at radius 3 is 2.55 bits per heavy atom. The Morgan fingerprint density at radius 1 is 1.20 bits per heavy atom. The molecule has 0 aliphatic carbocycles. The monoisotopic (exact) mass is 379 g/mol. The lowest BCUT2D eigenvalue weighted by Gasteiger charge is -2.10. The molecule has 0 radical (unpaired) electrons. The third-order valence-corrected chi connectivity index (χ3v) is 3.97. The average molecular weight is 379 g/mol. The number of halogens is 1. The van der Waals surface area contributed by atoms with E-state index in [1.54, 1.807) is 0 Å². The van der Waals surface area contributed by atoms with Gasteiger partial charge in [-0.3, -0.25) is 4.99 Å². The predicted molar refractivity (Wildman–Crippen MR) is 92.5 cm³/mol. The van der Waals surface area contributed by atoms with Crippen LogP contribution >= 0.6 is 22.6 Å². The minimum absolute atomic E-state index is 0.338. The summed E-state index contributed by atoms with van der Waals surface area (Å²) in [6.07, 6.45) is 0.805. The molecule has 3 heteroatoms. The van der Waals surface area contributed by atoms with Crippen LogP contribution in [0.15, 0.2) is 47.5 Å². The number of aryl methyl sites for hydroxylation is 1. The Kier molecular flexibility index (Phi) is 5.17. The molecule has 2 aromatic carbocycles. The summed E-state index contributed by atoms with van der Waals surface area (Å²) in [7, 11) is 0. The quantitative estimate of drug-likeness (QED) is 0.606. The largest absolute Gasteiger partial charge is 0.506 e. The predicted octanol–water partition coefficient (Wildman–Crippen LogP) is 4.70. The molecule has 0 saturated carbocycles. The second kappa shape index (κ2) is 6.88. The molecule has 0 aromatic heterocycles. The number of phenols is 1. The molecule has 0 unspecified atom stereocenters. The molecule has 104 valence electrons. The first kappa shape index (κ1) is 15.0. The standard InChI is InChI=1S/C17H18INO/c1-3-16(19-11-13-7-5-4-6-8-13)14-9-12(2)10-15(18)17(14)20/h4-10,20H,3,11H2,1-2H3. The first-order chi connectivity index (χ1) is 9.61. The molecule has 20 heavy (non-hydrogen) atoms. The van der Waals surface area contributed by atoms with Gasteiger partial charge in [-0.2, -0.15) is 0 Å². The van der Waals surface area contributed by atoms with E-state index in [2.05, 4.69) is 46.6 Å². The fraction of sp³-hybridized carbons (Fsp3) is 0.235. The van der Waals surface area contributed by atoms with E-state index in [9.17, 15) is 5.11 Å². The number of rotatable bonds is 4. The second-order valence-electron chi connectivity index (χ2n) is 4.74. The van der Waals surface area contributed by atoms with Gasteiger partial charge in [0.1, 0.15) is 5.75 Å². The highest BCUT2D eigenvalue weighted by atomic mass is 127. The summed E-state index contributed by atoms with van der Waals surface area (Å²) in [5.74, 6) is 0.338. The first-order valence-electron chi connectivity index (χ1n) is 6.68. The molecule has 0 spiro atoms. The van der Waals surface area contributed by atoms with E-state index in [-0.39, 0.29) is 0 Å². The molecule has 0 heterocycles. The van der Waals surface area contributed by atoms with Gasteiger partial charge in [0, 0.05) is 11.3 Å². The van der Waals surface area contributed by atoms with Gasteiger partial charge in [0.2, 0.25) is 0 Å². The molecule has 0 atom stereocenters. The number of hydrogen-bond acceptors (Lipinski definition) is 2. The van der Waals surface area contributed by atoms with Crippen LogP contribution in [-0.4, -0.2) is 10.8 Å². The van der Waals surface area contributed by atoms with Gasteiger partial charge in [0.15, 0.2) is 0 Å². The Balaban J connectivity index is 2.33. The van der Waals surface area contributed by atoms with Gasteiger partial charge in [-0.1, -0.05) is 37.3 Å². The van der Waals surface area contributed by atoms with Crippen molar-refractivity contribution in [3.8, 4) is 5.75 Å². The van der Waals surface area contributed by atoms with Crippen LogP contribution < -0.4 is 0 Å². The fourth-order valence-corrected chi connectivity index (χ4v) is 2.89. The molecule has 1 N–H and O–H groups in total. The number of phenolic OH excluding ortho intramolecular Hbond substituents is 1. The number of aromatic hydroxyl groups is 1. The van der Waals surface area contributed by atoms with Gasteiger partial charge in [0.25, 0.3) is 0 Å². The van der Waals surface area contributed by atoms with Crippen molar-refractivity contribution in [1.82, 2.24) is 0 Å². The molecule has 2 rings (SSSR count). The molecule has 2 aromatic rings. The maximum absolute atomic E-state index is 10.2. The lowest BCUT2D eigenvalue weighted by atomic mass is 10.0. The van der Waals surface area contributed by atoms with Gasteiger partial charge in [-0.25, -0.2) is 0 Å². The summed E-state index contributed by atoms with van der Waals surface area (Å²) in [5.41, 5.74) is 4.13.